The highest BCUT2D eigenvalue weighted by Gasteiger charge is 2.15. The number of carbonyl (C=O) groups excluding carboxylic acids is 1. The number of hydrazone groups is 1. The summed E-state index contributed by atoms with van der Waals surface area (Å²) in [6.07, 6.45) is 1.54. The van der Waals surface area contributed by atoms with E-state index in [1.54, 1.807) is 36.4 Å². The molecule has 1 N–H and O–H groups in total. The van der Waals surface area contributed by atoms with Crippen molar-refractivity contribution in [3.05, 3.63) is 57.0 Å². The molecular formula is C17H16BrClN2O3. The van der Waals surface area contributed by atoms with Crippen molar-refractivity contribution in [3.63, 3.8) is 0 Å². The standard InChI is InChI=1S/C17H16BrClN2O3/c1-3-24-16-14(18)8-12(9-15(16)23-2)17(22)21-20-10-11-4-6-13(19)7-5-11/h4-10H,3H2,1-2H3,(H,21,22)/b20-10-. The molecule has 0 bridgehead atoms. The largest absolute Gasteiger partial charge is 0.493 e. The smallest absolute Gasteiger partial charge is 0.271 e. The Balaban J connectivity index is 2.12. The number of hydrogen-bond donors (Lipinski definition) is 1. The predicted molar refractivity (Wildman–Crippen MR) is 98.4 cm³/mol. The van der Waals surface area contributed by atoms with Crippen LogP contribution in [-0.2, 0) is 0 Å². The van der Waals surface area contributed by atoms with Gasteiger partial charge in [0.05, 0.1) is 24.4 Å². The van der Waals surface area contributed by atoms with Crippen LogP contribution in [0.3, 0.4) is 0 Å². The maximum Gasteiger partial charge on any atom is 0.271 e. The second kappa shape index (κ2) is 8.70. The lowest BCUT2D eigenvalue weighted by Gasteiger charge is -2.12. The SMILES string of the molecule is CCOc1c(Br)cc(C(=O)N/N=C\c2ccc(Cl)cc2)cc1OC. The molecule has 24 heavy (non-hydrogen) atoms. The average molecular weight is 412 g/mol. The molecule has 1 amide bonds. The molecule has 0 aliphatic heterocycles. The molecule has 7 heteroatoms. The first-order chi connectivity index (χ1) is 11.5. The zero-order valence-corrected chi connectivity index (χ0v) is 15.5. The monoisotopic (exact) mass is 410 g/mol. The highest BCUT2D eigenvalue weighted by molar-refractivity contribution is 9.10. The van der Waals surface area contributed by atoms with E-state index in [1.807, 2.05) is 6.92 Å². The van der Waals surface area contributed by atoms with Crippen LogP contribution in [0.25, 0.3) is 0 Å². The van der Waals surface area contributed by atoms with Crippen LogP contribution in [-0.4, -0.2) is 25.8 Å². The van der Waals surface area contributed by atoms with E-state index in [9.17, 15) is 4.79 Å². The van der Waals surface area contributed by atoms with Gasteiger partial charge in [0.15, 0.2) is 11.5 Å². The van der Waals surface area contributed by atoms with E-state index in [-0.39, 0.29) is 5.91 Å². The third kappa shape index (κ3) is 4.72. The van der Waals surface area contributed by atoms with Gasteiger partial charge in [-0.2, -0.15) is 5.10 Å². The van der Waals surface area contributed by atoms with Crippen LogP contribution >= 0.6 is 27.5 Å². The summed E-state index contributed by atoms with van der Waals surface area (Å²) in [4.78, 5) is 12.2. The third-order valence-electron chi connectivity index (χ3n) is 3.03. The molecule has 2 aromatic rings. The van der Waals surface area contributed by atoms with Crippen molar-refractivity contribution in [2.75, 3.05) is 13.7 Å². The molecule has 0 aromatic heterocycles. The topological polar surface area (TPSA) is 59.9 Å². The van der Waals surface area contributed by atoms with Gasteiger partial charge < -0.3 is 9.47 Å². The van der Waals surface area contributed by atoms with Crippen molar-refractivity contribution in [3.8, 4) is 11.5 Å². The molecule has 0 unspecified atom stereocenters. The molecule has 0 spiro atoms. The highest BCUT2D eigenvalue weighted by atomic mass is 79.9. The lowest BCUT2D eigenvalue weighted by molar-refractivity contribution is 0.0954. The van der Waals surface area contributed by atoms with E-state index < -0.39 is 0 Å². The van der Waals surface area contributed by atoms with E-state index in [4.69, 9.17) is 21.1 Å². The Morgan fingerprint density at radius 1 is 1.33 bits per heavy atom. The van der Waals surface area contributed by atoms with Crippen LogP contribution in [0.1, 0.15) is 22.8 Å². The molecule has 0 saturated heterocycles. The van der Waals surface area contributed by atoms with Crippen molar-refractivity contribution < 1.29 is 14.3 Å². The van der Waals surface area contributed by atoms with Crippen LogP contribution in [0.2, 0.25) is 5.02 Å². The molecule has 2 rings (SSSR count). The maximum atomic E-state index is 12.2. The fraction of sp³-hybridized carbons (Fsp3) is 0.176. The number of nitrogens with zero attached hydrogens (tertiary/aromatic N) is 1. The number of carbonyl (C=O) groups is 1. The van der Waals surface area contributed by atoms with Crippen LogP contribution in [0.5, 0.6) is 11.5 Å². The quantitative estimate of drug-likeness (QED) is 0.570. The highest BCUT2D eigenvalue weighted by Crippen LogP contribution is 2.36. The lowest BCUT2D eigenvalue weighted by Crippen LogP contribution is -2.18. The fourth-order valence-electron chi connectivity index (χ4n) is 1.91. The van der Waals surface area contributed by atoms with Gasteiger partial charge in [-0.15, -0.1) is 0 Å². The lowest BCUT2D eigenvalue weighted by atomic mass is 10.2. The fourth-order valence-corrected chi connectivity index (χ4v) is 2.60. The summed E-state index contributed by atoms with van der Waals surface area (Å²) in [6.45, 7) is 2.36. The zero-order valence-electron chi connectivity index (χ0n) is 13.2. The number of halogens is 2. The van der Waals surface area contributed by atoms with Gasteiger partial charge in [0.25, 0.3) is 5.91 Å². The summed E-state index contributed by atoms with van der Waals surface area (Å²) in [6, 6.07) is 10.4. The van der Waals surface area contributed by atoms with Crippen molar-refractivity contribution in [1.29, 1.82) is 0 Å². The molecule has 5 nitrogen and oxygen atoms in total. The van der Waals surface area contributed by atoms with Crippen molar-refractivity contribution in [2.24, 2.45) is 5.10 Å². The van der Waals surface area contributed by atoms with E-state index >= 15 is 0 Å². The number of rotatable bonds is 6. The minimum absolute atomic E-state index is 0.359. The number of methoxy groups -OCH3 is 1. The van der Waals surface area contributed by atoms with Gasteiger partial charge in [0.1, 0.15) is 0 Å². The number of hydrogen-bond acceptors (Lipinski definition) is 4. The Kier molecular flexibility index (Phi) is 6.63. The van der Waals surface area contributed by atoms with Crippen molar-refractivity contribution in [2.45, 2.75) is 6.92 Å². The number of ether oxygens (including phenoxy) is 2. The normalized spacial score (nSPS) is 10.7. The Morgan fingerprint density at radius 2 is 2.04 bits per heavy atom. The first-order valence-electron chi connectivity index (χ1n) is 7.14. The summed E-state index contributed by atoms with van der Waals surface area (Å²) < 4.78 is 11.4. The van der Waals surface area contributed by atoms with Gasteiger partial charge in [-0.25, -0.2) is 5.43 Å². The third-order valence-corrected chi connectivity index (χ3v) is 3.87. The summed E-state index contributed by atoms with van der Waals surface area (Å²) in [5.74, 6) is 0.668. The number of amides is 1. The van der Waals surface area contributed by atoms with Gasteiger partial charge in [-0.1, -0.05) is 23.7 Å². The van der Waals surface area contributed by atoms with E-state index in [0.717, 1.165) is 5.56 Å². The molecule has 0 fully saturated rings. The van der Waals surface area contributed by atoms with Gasteiger partial charge in [-0.3, -0.25) is 4.79 Å². The van der Waals surface area contributed by atoms with Crippen LogP contribution in [0.4, 0.5) is 0 Å². The van der Waals surface area contributed by atoms with Crippen LogP contribution < -0.4 is 14.9 Å². The molecule has 0 aliphatic carbocycles. The molecule has 0 atom stereocenters. The maximum absolute atomic E-state index is 12.2. The molecule has 0 aliphatic rings. The molecule has 0 saturated carbocycles. The van der Waals surface area contributed by atoms with Gasteiger partial charge in [0.2, 0.25) is 0 Å². The first kappa shape index (κ1) is 18.3. The summed E-state index contributed by atoms with van der Waals surface area (Å²) >= 11 is 9.20. The van der Waals surface area contributed by atoms with E-state index in [0.29, 0.717) is 33.2 Å². The second-order valence-electron chi connectivity index (χ2n) is 4.67. The minimum atomic E-state index is -0.359. The zero-order chi connectivity index (χ0) is 17.5. The van der Waals surface area contributed by atoms with Crippen molar-refractivity contribution in [1.82, 2.24) is 5.43 Å². The predicted octanol–water partition coefficient (Wildman–Crippen LogP) is 4.27. The van der Waals surface area contributed by atoms with Gasteiger partial charge in [0, 0.05) is 10.6 Å². The van der Waals surface area contributed by atoms with E-state index in [1.165, 1.54) is 13.3 Å². The first-order valence-corrected chi connectivity index (χ1v) is 8.31. The minimum Gasteiger partial charge on any atom is -0.493 e. The Hall–Kier alpha value is -2.05. The van der Waals surface area contributed by atoms with Crippen LogP contribution in [0.15, 0.2) is 46.0 Å². The Morgan fingerprint density at radius 3 is 2.67 bits per heavy atom. The van der Waals surface area contributed by atoms with E-state index in [2.05, 4.69) is 26.5 Å². The average Bonchev–Trinajstić information content (AvgIpc) is 2.58. The Labute approximate surface area is 153 Å². The summed E-state index contributed by atoms with van der Waals surface area (Å²) in [5.41, 5.74) is 3.70. The summed E-state index contributed by atoms with van der Waals surface area (Å²) in [5, 5.41) is 4.58. The summed E-state index contributed by atoms with van der Waals surface area (Å²) in [7, 11) is 1.52. The Bertz CT molecular complexity index is 748. The van der Waals surface area contributed by atoms with Gasteiger partial charge >= 0.3 is 0 Å². The van der Waals surface area contributed by atoms with Gasteiger partial charge in [-0.05, 0) is 52.7 Å². The number of nitrogens with one attached hydrogen (secondary N) is 1. The second-order valence-corrected chi connectivity index (χ2v) is 5.96. The molecular weight excluding hydrogens is 396 g/mol. The number of benzene rings is 2. The molecule has 0 radical (unpaired) electrons. The van der Waals surface area contributed by atoms with Crippen LogP contribution in [0, 0.1) is 0 Å². The van der Waals surface area contributed by atoms with Crippen molar-refractivity contribution >= 4 is 39.7 Å². The molecule has 0 heterocycles. The molecule has 2 aromatic carbocycles. The molecule has 126 valence electrons.